The summed E-state index contributed by atoms with van der Waals surface area (Å²) in [7, 11) is 0. The minimum Gasteiger partial charge on any atom is -0.347 e. The Morgan fingerprint density at radius 3 is 2.57 bits per heavy atom. The minimum absolute atomic E-state index is 0.145. The molecule has 0 aliphatic carbocycles. The van der Waals surface area contributed by atoms with E-state index in [4.69, 9.17) is 0 Å². The Labute approximate surface area is 167 Å². The van der Waals surface area contributed by atoms with E-state index in [-0.39, 0.29) is 17.7 Å². The number of aromatic nitrogens is 3. The molecule has 0 fully saturated rings. The summed E-state index contributed by atoms with van der Waals surface area (Å²) in [6.45, 7) is 6.75. The monoisotopic (exact) mass is 395 g/mol. The minimum atomic E-state index is -0.285. The molecule has 2 N–H and O–H groups in total. The van der Waals surface area contributed by atoms with Gasteiger partial charge in [0.15, 0.2) is 5.78 Å². The van der Waals surface area contributed by atoms with Crippen LogP contribution in [0.4, 0.5) is 11.6 Å². The quantitative estimate of drug-likeness (QED) is 0.611. The van der Waals surface area contributed by atoms with Gasteiger partial charge in [-0.05, 0) is 43.7 Å². The van der Waals surface area contributed by atoms with Gasteiger partial charge in [-0.1, -0.05) is 6.07 Å². The van der Waals surface area contributed by atoms with Crippen LogP contribution < -0.4 is 10.6 Å². The molecule has 1 amide bonds. The van der Waals surface area contributed by atoms with E-state index >= 15 is 0 Å². The lowest BCUT2D eigenvalue weighted by Crippen LogP contribution is -2.23. The SMILES string of the molecule is CC(=O)N[C@@H](C)c1nc(C(C)=O)c(-c2cccc(Nc3cc(C)ccn3)n2)s1. The summed E-state index contributed by atoms with van der Waals surface area (Å²) in [5.74, 6) is 1.02. The Kier molecular flexibility index (Phi) is 5.79. The number of carbonyl (C=O) groups excluding carboxylic acids is 2. The van der Waals surface area contributed by atoms with Gasteiger partial charge in [-0.25, -0.2) is 15.0 Å². The average Bonchev–Trinajstić information content (AvgIpc) is 3.07. The Morgan fingerprint density at radius 1 is 1.11 bits per heavy atom. The lowest BCUT2D eigenvalue weighted by Gasteiger charge is -2.08. The molecule has 8 heteroatoms. The molecule has 0 aromatic carbocycles. The summed E-state index contributed by atoms with van der Waals surface area (Å²) in [5.41, 5.74) is 2.09. The highest BCUT2D eigenvalue weighted by Gasteiger charge is 2.21. The summed E-state index contributed by atoms with van der Waals surface area (Å²) >= 11 is 1.36. The van der Waals surface area contributed by atoms with Gasteiger partial charge >= 0.3 is 0 Å². The van der Waals surface area contributed by atoms with Crippen LogP contribution in [0.3, 0.4) is 0 Å². The Hall–Kier alpha value is -3.13. The molecule has 1 atom stereocenters. The van der Waals surface area contributed by atoms with Crippen LogP contribution in [-0.4, -0.2) is 26.6 Å². The highest BCUT2D eigenvalue weighted by Crippen LogP contribution is 2.33. The Balaban J connectivity index is 1.95. The van der Waals surface area contributed by atoms with Gasteiger partial charge in [0, 0.05) is 20.0 Å². The second-order valence-electron chi connectivity index (χ2n) is 6.46. The molecule has 7 nitrogen and oxygen atoms in total. The summed E-state index contributed by atoms with van der Waals surface area (Å²) in [6, 6.07) is 9.09. The Bertz CT molecular complexity index is 1030. The zero-order chi connectivity index (χ0) is 20.3. The number of thiazole rings is 1. The topological polar surface area (TPSA) is 96.9 Å². The van der Waals surface area contributed by atoms with Crippen LogP contribution in [0.15, 0.2) is 36.5 Å². The largest absolute Gasteiger partial charge is 0.347 e. The first-order chi connectivity index (χ1) is 13.3. The number of carbonyl (C=O) groups is 2. The zero-order valence-electron chi connectivity index (χ0n) is 16.1. The first-order valence-corrected chi connectivity index (χ1v) is 9.61. The van der Waals surface area contributed by atoms with Crippen molar-refractivity contribution in [1.29, 1.82) is 0 Å². The number of nitrogens with one attached hydrogen (secondary N) is 2. The van der Waals surface area contributed by atoms with E-state index in [0.29, 0.717) is 32.9 Å². The van der Waals surface area contributed by atoms with Gasteiger partial charge in [-0.15, -0.1) is 11.3 Å². The first-order valence-electron chi connectivity index (χ1n) is 8.79. The molecular formula is C20H21N5O2S. The highest BCUT2D eigenvalue weighted by atomic mass is 32.1. The predicted octanol–water partition coefficient (Wildman–Crippen LogP) is 4.05. The van der Waals surface area contributed by atoms with Crippen molar-refractivity contribution < 1.29 is 9.59 Å². The van der Waals surface area contributed by atoms with E-state index < -0.39 is 0 Å². The molecule has 0 aliphatic rings. The molecule has 28 heavy (non-hydrogen) atoms. The number of rotatable bonds is 6. The lowest BCUT2D eigenvalue weighted by molar-refractivity contribution is -0.119. The second kappa shape index (κ2) is 8.26. The number of ketones is 1. The maximum atomic E-state index is 12.1. The van der Waals surface area contributed by atoms with Crippen molar-refractivity contribution in [2.24, 2.45) is 0 Å². The van der Waals surface area contributed by atoms with Crippen molar-refractivity contribution in [2.75, 3.05) is 5.32 Å². The van der Waals surface area contributed by atoms with Gasteiger partial charge in [0.05, 0.1) is 16.6 Å². The van der Waals surface area contributed by atoms with Gasteiger partial charge in [-0.2, -0.15) is 0 Å². The van der Waals surface area contributed by atoms with Crippen molar-refractivity contribution in [1.82, 2.24) is 20.3 Å². The number of pyridine rings is 2. The lowest BCUT2D eigenvalue weighted by atomic mass is 10.2. The molecule has 3 aromatic heterocycles. The number of hydrogen-bond donors (Lipinski definition) is 2. The van der Waals surface area contributed by atoms with Gasteiger partial charge in [0.2, 0.25) is 5.91 Å². The fraction of sp³-hybridized carbons (Fsp3) is 0.250. The van der Waals surface area contributed by atoms with Gasteiger partial charge in [0.25, 0.3) is 0 Å². The van der Waals surface area contributed by atoms with E-state index in [1.807, 2.05) is 44.2 Å². The number of hydrogen-bond acceptors (Lipinski definition) is 7. The fourth-order valence-corrected chi connectivity index (χ4v) is 3.75. The first kappa shape index (κ1) is 19.6. The van der Waals surface area contributed by atoms with Crippen LogP contribution in [0.2, 0.25) is 0 Å². The zero-order valence-corrected chi connectivity index (χ0v) is 16.9. The molecule has 144 valence electrons. The normalized spacial score (nSPS) is 11.7. The number of aryl methyl sites for hydroxylation is 1. The molecule has 0 aliphatic heterocycles. The van der Waals surface area contributed by atoms with E-state index in [2.05, 4.69) is 25.6 Å². The number of amides is 1. The Morgan fingerprint density at radius 2 is 1.89 bits per heavy atom. The molecule has 0 radical (unpaired) electrons. The average molecular weight is 395 g/mol. The van der Waals surface area contributed by atoms with Crippen LogP contribution in [0, 0.1) is 6.92 Å². The summed E-state index contributed by atoms with van der Waals surface area (Å²) in [6.07, 6.45) is 1.73. The maximum absolute atomic E-state index is 12.1. The smallest absolute Gasteiger partial charge is 0.217 e. The van der Waals surface area contributed by atoms with Crippen molar-refractivity contribution in [3.63, 3.8) is 0 Å². The van der Waals surface area contributed by atoms with Gasteiger partial charge < -0.3 is 10.6 Å². The maximum Gasteiger partial charge on any atom is 0.217 e. The third-order valence-electron chi connectivity index (χ3n) is 3.92. The van der Waals surface area contributed by atoms with Crippen LogP contribution in [0.5, 0.6) is 0 Å². The molecule has 0 spiro atoms. The molecular weight excluding hydrogens is 374 g/mol. The van der Waals surface area contributed by atoms with Crippen molar-refractivity contribution in [3.8, 4) is 10.6 Å². The molecule has 3 aromatic rings. The molecule has 3 rings (SSSR count). The van der Waals surface area contributed by atoms with E-state index in [1.165, 1.54) is 25.2 Å². The van der Waals surface area contributed by atoms with Gasteiger partial charge in [0.1, 0.15) is 22.3 Å². The van der Waals surface area contributed by atoms with Crippen LogP contribution in [0.25, 0.3) is 10.6 Å². The van der Waals surface area contributed by atoms with Crippen LogP contribution >= 0.6 is 11.3 Å². The van der Waals surface area contributed by atoms with Crippen LogP contribution in [-0.2, 0) is 4.79 Å². The summed E-state index contributed by atoms with van der Waals surface area (Å²) in [5, 5.41) is 6.64. The number of Topliss-reactive ketones (excluding diaryl/α,β-unsaturated/α-hetero) is 1. The fourth-order valence-electron chi connectivity index (χ4n) is 2.67. The molecule has 0 saturated carbocycles. The van der Waals surface area contributed by atoms with E-state index in [1.54, 1.807) is 6.20 Å². The molecule has 0 saturated heterocycles. The second-order valence-corrected chi connectivity index (χ2v) is 7.49. The summed E-state index contributed by atoms with van der Waals surface area (Å²) < 4.78 is 0. The third-order valence-corrected chi connectivity index (χ3v) is 5.18. The van der Waals surface area contributed by atoms with Crippen molar-refractivity contribution in [2.45, 2.75) is 33.7 Å². The van der Waals surface area contributed by atoms with Gasteiger partial charge in [-0.3, -0.25) is 9.59 Å². The molecule has 3 heterocycles. The highest BCUT2D eigenvalue weighted by molar-refractivity contribution is 7.15. The van der Waals surface area contributed by atoms with E-state index in [0.717, 1.165) is 5.56 Å². The number of nitrogens with zero attached hydrogens (tertiary/aromatic N) is 3. The summed E-state index contributed by atoms with van der Waals surface area (Å²) in [4.78, 5) is 37.5. The van der Waals surface area contributed by atoms with Crippen molar-refractivity contribution >= 4 is 34.7 Å². The molecule has 0 unspecified atom stereocenters. The van der Waals surface area contributed by atoms with Crippen molar-refractivity contribution in [3.05, 3.63) is 52.8 Å². The molecule has 0 bridgehead atoms. The number of anilines is 2. The third kappa shape index (κ3) is 4.58. The standard InChI is InChI=1S/C20H21N5O2S/c1-11-8-9-21-17(10-11)24-16-7-5-6-15(23-16)19-18(13(3)26)25-20(28-19)12(2)22-14(4)27/h5-10,12H,1-4H3,(H,22,27)(H,21,23,24)/t12-/m0/s1. The predicted molar refractivity (Wildman–Crippen MR) is 110 cm³/mol. The van der Waals surface area contributed by atoms with E-state index in [9.17, 15) is 9.59 Å². The van der Waals surface area contributed by atoms with Crippen LogP contribution in [0.1, 0.15) is 47.9 Å².